The summed E-state index contributed by atoms with van der Waals surface area (Å²) in [5.41, 5.74) is 4.87. The average molecular weight is 501 g/mol. The van der Waals surface area contributed by atoms with E-state index >= 15 is 0 Å². The molecule has 6 nitrogen and oxygen atoms in total. The van der Waals surface area contributed by atoms with Gasteiger partial charge in [0.15, 0.2) is 5.11 Å². The molecule has 35 heavy (non-hydrogen) atoms. The largest absolute Gasteiger partial charge is 0.416 e. The molecule has 1 aliphatic heterocycles. The van der Waals surface area contributed by atoms with Crippen LogP contribution in [-0.4, -0.2) is 22.5 Å². The van der Waals surface area contributed by atoms with Crippen molar-refractivity contribution in [2.45, 2.75) is 56.7 Å². The summed E-state index contributed by atoms with van der Waals surface area (Å²) in [7, 11) is 0. The first-order chi connectivity index (χ1) is 16.6. The molecule has 0 radical (unpaired) electrons. The maximum Gasteiger partial charge on any atom is 0.416 e. The molecule has 1 spiro atoms. The Kier molecular flexibility index (Phi) is 6.56. The molecular weight excluding hydrogens is 477 g/mol. The minimum absolute atomic E-state index is 0.0332. The number of nitrogens with two attached hydrogens (primary N) is 1. The third-order valence-corrected chi connectivity index (χ3v) is 6.97. The van der Waals surface area contributed by atoms with Crippen LogP contribution in [0.5, 0.6) is 0 Å². The molecular formula is C25H23F3N4O2S. The zero-order chi connectivity index (χ0) is 25.4. The summed E-state index contributed by atoms with van der Waals surface area (Å²) in [5.74, 6) is -0.704. The van der Waals surface area contributed by atoms with Crippen LogP contribution in [-0.2, 0) is 28.6 Å². The van der Waals surface area contributed by atoms with Crippen molar-refractivity contribution >= 4 is 40.5 Å². The molecule has 1 saturated heterocycles. The Morgan fingerprint density at radius 1 is 1.14 bits per heavy atom. The summed E-state index contributed by atoms with van der Waals surface area (Å²) in [6.07, 6.45) is -1.60. The van der Waals surface area contributed by atoms with Crippen molar-refractivity contribution in [1.82, 2.24) is 0 Å². The number of amides is 2. The molecule has 182 valence electrons. The molecule has 2 aromatic carbocycles. The highest BCUT2D eigenvalue weighted by Gasteiger charge is 2.59. The van der Waals surface area contributed by atoms with Gasteiger partial charge in [0.2, 0.25) is 5.91 Å². The molecule has 0 bridgehead atoms. The van der Waals surface area contributed by atoms with Crippen molar-refractivity contribution in [3.05, 3.63) is 59.2 Å². The topological polar surface area (TPSA) is 90.4 Å². The minimum Gasteiger partial charge on any atom is -0.370 e. The van der Waals surface area contributed by atoms with E-state index in [9.17, 15) is 22.8 Å². The summed E-state index contributed by atoms with van der Waals surface area (Å²) in [6, 6.07) is 12.7. The van der Waals surface area contributed by atoms with Crippen molar-refractivity contribution in [3.8, 4) is 6.07 Å². The summed E-state index contributed by atoms with van der Waals surface area (Å²) in [4.78, 5) is 27.5. The molecule has 2 amide bonds. The lowest BCUT2D eigenvalue weighted by atomic mass is 9.75. The maximum atomic E-state index is 13.7. The Morgan fingerprint density at radius 3 is 2.34 bits per heavy atom. The van der Waals surface area contributed by atoms with Gasteiger partial charge >= 0.3 is 6.18 Å². The zero-order valence-electron chi connectivity index (χ0n) is 18.8. The maximum absolute atomic E-state index is 13.7. The van der Waals surface area contributed by atoms with Gasteiger partial charge in [0, 0.05) is 12.1 Å². The Hall–Kier alpha value is -3.45. The third-order valence-electron chi connectivity index (χ3n) is 6.60. The lowest BCUT2D eigenvalue weighted by Crippen LogP contribution is -2.55. The number of rotatable bonds is 7. The van der Waals surface area contributed by atoms with Gasteiger partial charge in [-0.25, -0.2) is 0 Å². The van der Waals surface area contributed by atoms with Crippen LogP contribution in [0.3, 0.4) is 0 Å². The second kappa shape index (κ2) is 9.30. The molecule has 1 heterocycles. The second-order valence-electron chi connectivity index (χ2n) is 8.80. The van der Waals surface area contributed by atoms with Crippen molar-refractivity contribution in [2.24, 2.45) is 5.73 Å². The van der Waals surface area contributed by atoms with Gasteiger partial charge in [0.25, 0.3) is 5.91 Å². The van der Waals surface area contributed by atoms with Crippen LogP contribution >= 0.6 is 12.2 Å². The first kappa shape index (κ1) is 24.7. The molecule has 1 aliphatic carbocycles. The summed E-state index contributed by atoms with van der Waals surface area (Å²) in [5, 5.41) is 9.03. The SMILES string of the molecule is N#CCc1ccc(N2C(=O)C3(CCC3)N(c3ccc(CCCC(N)=O)cc3)C2=S)cc1C(F)(F)F. The van der Waals surface area contributed by atoms with Crippen LogP contribution in [0.2, 0.25) is 0 Å². The van der Waals surface area contributed by atoms with E-state index in [-0.39, 0.29) is 34.6 Å². The lowest BCUT2D eigenvalue weighted by Gasteiger charge is -2.43. The van der Waals surface area contributed by atoms with E-state index in [4.69, 9.17) is 23.2 Å². The molecule has 0 atom stereocenters. The fraction of sp³-hybridized carbons (Fsp3) is 0.360. The van der Waals surface area contributed by atoms with Gasteiger partial charge in [-0.2, -0.15) is 18.4 Å². The first-order valence-corrected chi connectivity index (χ1v) is 11.6. The monoisotopic (exact) mass is 500 g/mol. The quantitative estimate of drug-likeness (QED) is 0.560. The number of alkyl halides is 3. The number of thiocarbonyl (C=S) groups is 1. The normalized spacial score (nSPS) is 17.0. The van der Waals surface area contributed by atoms with Gasteiger partial charge in [0.1, 0.15) is 5.54 Å². The van der Waals surface area contributed by atoms with E-state index < -0.39 is 23.7 Å². The van der Waals surface area contributed by atoms with Crippen LogP contribution < -0.4 is 15.5 Å². The molecule has 2 aromatic rings. The summed E-state index contributed by atoms with van der Waals surface area (Å²) in [6.45, 7) is 0. The average Bonchev–Trinajstić information content (AvgIpc) is 3.01. The fourth-order valence-corrected chi connectivity index (χ4v) is 5.16. The fourth-order valence-electron chi connectivity index (χ4n) is 4.69. The van der Waals surface area contributed by atoms with Crippen LogP contribution in [0.15, 0.2) is 42.5 Å². The highest BCUT2D eigenvalue weighted by atomic mass is 32.1. The summed E-state index contributed by atoms with van der Waals surface area (Å²) >= 11 is 5.65. The number of aryl methyl sites for hydroxylation is 1. The standard InChI is InChI=1S/C25H23F3N4O2S/c26-25(27,28)20-15-19(10-7-17(20)11-14-29)31-22(34)24(12-2-13-24)32(23(31)35)18-8-5-16(6-9-18)3-1-4-21(30)33/h5-10,15H,1-4,11-13H2,(H2,30,33). The molecule has 2 fully saturated rings. The van der Waals surface area contributed by atoms with Crippen molar-refractivity contribution in [1.29, 1.82) is 5.26 Å². The van der Waals surface area contributed by atoms with Crippen LogP contribution in [0.4, 0.5) is 24.5 Å². The Balaban J connectivity index is 1.67. The Bertz CT molecular complexity index is 1220. The molecule has 1 saturated carbocycles. The van der Waals surface area contributed by atoms with E-state index in [0.717, 1.165) is 18.1 Å². The number of hydrogen-bond acceptors (Lipinski definition) is 4. The molecule has 0 unspecified atom stereocenters. The lowest BCUT2D eigenvalue weighted by molar-refractivity contribution is -0.138. The van der Waals surface area contributed by atoms with Gasteiger partial charge in [-0.05, 0) is 79.7 Å². The highest BCUT2D eigenvalue weighted by molar-refractivity contribution is 7.81. The predicted molar refractivity (Wildman–Crippen MR) is 128 cm³/mol. The molecule has 0 aromatic heterocycles. The molecule has 10 heteroatoms. The Labute approximate surface area is 206 Å². The van der Waals surface area contributed by atoms with E-state index in [1.165, 1.54) is 17.0 Å². The van der Waals surface area contributed by atoms with Crippen LogP contribution in [0.1, 0.15) is 48.8 Å². The predicted octanol–water partition coefficient (Wildman–Crippen LogP) is 4.64. The number of carbonyl (C=O) groups excluding carboxylic acids is 2. The molecule has 4 rings (SSSR count). The van der Waals surface area contributed by atoms with E-state index in [1.54, 1.807) is 11.0 Å². The van der Waals surface area contributed by atoms with E-state index in [0.29, 0.717) is 31.4 Å². The zero-order valence-corrected chi connectivity index (χ0v) is 19.6. The van der Waals surface area contributed by atoms with Crippen LogP contribution in [0, 0.1) is 11.3 Å². The number of halogens is 3. The van der Waals surface area contributed by atoms with E-state index in [2.05, 4.69) is 0 Å². The Morgan fingerprint density at radius 2 is 1.80 bits per heavy atom. The number of carbonyl (C=O) groups is 2. The van der Waals surface area contributed by atoms with Crippen LogP contribution in [0.25, 0.3) is 0 Å². The second-order valence-corrected chi connectivity index (χ2v) is 9.17. The van der Waals surface area contributed by atoms with E-state index in [1.807, 2.05) is 24.3 Å². The van der Waals surface area contributed by atoms with Crippen molar-refractivity contribution in [3.63, 3.8) is 0 Å². The smallest absolute Gasteiger partial charge is 0.370 e. The third kappa shape index (κ3) is 4.48. The van der Waals surface area contributed by atoms with Crippen molar-refractivity contribution < 1.29 is 22.8 Å². The molecule has 2 N–H and O–H groups in total. The van der Waals surface area contributed by atoms with Gasteiger partial charge < -0.3 is 10.6 Å². The van der Waals surface area contributed by atoms with Gasteiger partial charge in [-0.15, -0.1) is 0 Å². The van der Waals surface area contributed by atoms with Gasteiger partial charge in [-0.1, -0.05) is 18.2 Å². The van der Waals surface area contributed by atoms with Gasteiger partial charge in [-0.3, -0.25) is 14.5 Å². The highest BCUT2D eigenvalue weighted by Crippen LogP contribution is 2.48. The minimum atomic E-state index is -4.68. The van der Waals surface area contributed by atoms with Crippen molar-refractivity contribution in [2.75, 3.05) is 9.80 Å². The summed E-state index contributed by atoms with van der Waals surface area (Å²) < 4.78 is 41.1. The number of hydrogen-bond donors (Lipinski definition) is 1. The first-order valence-electron chi connectivity index (χ1n) is 11.2. The number of nitriles is 1. The number of nitrogens with zero attached hydrogens (tertiary/aromatic N) is 3. The number of primary amides is 1. The molecule has 2 aliphatic rings. The number of anilines is 2. The van der Waals surface area contributed by atoms with Gasteiger partial charge in [0.05, 0.1) is 23.7 Å². The number of benzene rings is 2.